The van der Waals surface area contributed by atoms with Gasteiger partial charge in [-0.1, -0.05) is 12.1 Å². The van der Waals surface area contributed by atoms with Crippen LogP contribution in [0.1, 0.15) is 0 Å². The first kappa shape index (κ1) is 7.86. The molecule has 0 bridgehead atoms. The Balaban J connectivity index is 2.30. The van der Waals surface area contributed by atoms with E-state index in [1.165, 1.54) is 0 Å². The summed E-state index contributed by atoms with van der Waals surface area (Å²) in [5.41, 5.74) is 0.810. The van der Waals surface area contributed by atoms with Crippen LogP contribution in [0.15, 0.2) is 41.7 Å². The number of anilines is 1. The van der Waals surface area contributed by atoms with Crippen molar-refractivity contribution in [3.63, 3.8) is 0 Å². The number of rotatable bonds is 1. The third kappa shape index (κ3) is 1.54. The summed E-state index contributed by atoms with van der Waals surface area (Å²) in [7, 11) is 0. The van der Waals surface area contributed by atoms with E-state index in [9.17, 15) is 5.11 Å². The number of para-hydroxylation sites is 2. The third-order valence-electron chi connectivity index (χ3n) is 1.91. The molecule has 3 heteroatoms. The van der Waals surface area contributed by atoms with Gasteiger partial charge < -0.3 is 10.0 Å². The minimum Gasteiger partial charge on any atom is -0.506 e. The van der Waals surface area contributed by atoms with Crippen LogP contribution in [0, 0.1) is 0 Å². The minimum atomic E-state index is 0.294. The highest BCUT2D eigenvalue weighted by molar-refractivity contribution is 5.72. The second-order valence-electron chi connectivity index (χ2n) is 2.77. The Bertz CT molecular complexity index is 358. The summed E-state index contributed by atoms with van der Waals surface area (Å²) in [6.45, 7) is 0.702. The lowest BCUT2D eigenvalue weighted by molar-refractivity contribution is 0.476. The number of aliphatic imine (C=N–C) groups is 1. The Kier molecular flexibility index (Phi) is 2.00. The SMILES string of the molecule is Oc1ccccc1N1C=CN=CC1. The van der Waals surface area contributed by atoms with Crippen molar-refractivity contribution in [2.75, 3.05) is 11.4 Å². The summed E-state index contributed by atoms with van der Waals surface area (Å²) >= 11 is 0. The van der Waals surface area contributed by atoms with Crippen molar-refractivity contribution < 1.29 is 5.11 Å². The largest absolute Gasteiger partial charge is 0.506 e. The van der Waals surface area contributed by atoms with Crippen LogP contribution in [-0.2, 0) is 0 Å². The van der Waals surface area contributed by atoms with Crippen molar-refractivity contribution in [1.82, 2.24) is 0 Å². The number of phenolic OH excluding ortho intramolecular Hbond substituents is 1. The highest BCUT2D eigenvalue weighted by Gasteiger charge is 2.07. The fourth-order valence-electron chi connectivity index (χ4n) is 1.26. The zero-order valence-electron chi connectivity index (χ0n) is 7.09. The van der Waals surface area contributed by atoms with Crippen LogP contribution in [0.3, 0.4) is 0 Å². The van der Waals surface area contributed by atoms with Crippen molar-refractivity contribution in [2.45, 2.75) is 0 Å². The molecular formula is C10H10N2O. The van der Waals surface area contributed by atoms with Gasteiger partial charge in [-0.05, 0) is 12.1 Å². The lowest BCUT2D eigenvalue weighted by Gasteiger charge is -2.20. The van der Waals surface area contributed by atoms with Gasteiger partial charge in [0, 0.05) is 18.6 Å². The van der Waals surface area contributed by atoms with Gasteiger partial charge in [0.1, 0.15) is 5.75 Å². The molecule has 0 unspecified atom stereocenters. The summed E-state index contributed by atoms with van der Waals surface area (Å²) in [5, 5.41) is 9.54. The molecule has 0 saturated carbocycles. The Morgan fingerprint density at radius 3 is 2.85 bits per heavy atom. The average Bonchev–Trinajstić information content (AvgIpc) is 2.20. The zero-order chi connectivity index (χ0) is 9.10. The Morgan fingerprint density at radius 2 is 2.15 bits per heavy atom. The third-order valence-corrected chi connectivity index (χ3v) is 1.91. The van der Waals surface area contributed by atoms with Crippen molar-refractivity contribution >= 4 is 11.9 Å². The van der Waals surface area contributed by atoms with Crippen molar-refractivity contribution in [1.29, 1.82) is 0 Å². The Labute approximate surface area is 76.6 Å². The minimum absolute atomic E-state index is 0.294. The fourth-order valence-corrected chi connectivity index (χ4v) is 1.26. The van der Waals surface area contributed by atoms with Crippen LogP contribution in [-0.4, -0.2) is 17.9 Å². The Morgan fingerprint density at radius 1 is 1.31 bits per heavy atom. The molecule has 0 fully saturated rings. The van der Waals surface area contributed by atoms with Gasteiger partial charge in [-0.25, -0.2) is 0 Å². The average molecular weight is 174 g/mol. The summed E-state index contributed by atoms with van der Waals surface area (Å²) in [6, 6.07) is 7.25. The molecule has 1 aliphatic rings. The summed E-state index contributed by atoms with van der Waals surface area (Å²) in [4.78, 5) is 5.89. The molecule has 1 aromatic rings. The quantitative estimate of drug-likeness (QED) is 0.704. The molecular weight excluding hydrogens is 164 g/mol. The molecule has 0 atom stereocenters. The van der Waals surface area contributed by atoms with Crippen molar-refractivity contribution in [3.05, 3.63) is 36.7 Å². The molecule has 0 radical (unpaired) electrons. The molecule has 1 aromatic carbocycles. The number of phenols is 1. The van der Waals surface area contributed by atoms with Gasteiger partial charge in [0.2, 0.25) is 0 Å². The number of hydrogen-bond donors (Lipinski definition) is 1. The van der Waals surface area contributed by atoms with E-state index in [2.05, 4.69) is 4.99 Å². The standard InChI is InChI=1S/C10H10N2O/c13-10-4-2-1-3-9(10)12-7-5-11-6-8-12/h1-7,13H,8H2. The number of hydrogen-bond acceptors (Lipinski definition) is 3. The monoisotopic (exact) mass is 174 g/mol. The first-order valence-corrected chi connectivity index (χ1v) is 4.11. The van der Waals surface area contributed by atoms with Gasteiger partial charge >= 0.3 is 0 Å². The van der Waals surface area contributed by atoms with Gasteiger partial charge in [-0.2, -0.15) is 0 Å². The predicted molar refractivity (Wildman–Crippen MR) is 53.1 cm³/mol. The molecule has 66 valence electrons. The topological polar surface area (TPSA) is 35.8 Å². The number of benzene rings is 1. The van der Waals surface area contributed by atoms with Gasteiger partial charge in [0.15, 0.2) is 0 Å². The van der Waals surface area contributed by atoms with E-state index in [-0.39, 0.29) is 0 Å². The molecule has 0 spiro atoms. The van der Waals surface area contributed by atoms with E-state index in [4.69, 9.17) is 0 Å². The van der Waals surface area contributed by atoms with E-state index < -0.39 is 0 Å². The smallest absolute Gasteiger partial charge is 0.139 e. The fraction of sp³-hybridized carbons (Fsp3) is 0.100. The normalized spacial score (nSPS) is 14.9. The van der Waals surface area contributed by atoms with Crippen molar-refractivity contribution in [3.8, 4) is 5.75 Å². The van der Waals surface area contributed by atoms with Gasteiger partial charge in [0.05, 0.1) is 12.2 Å². The van der Waals surface area contributed by atoms with Crippen LogP contribution in [0.5, 0.6) is 5.75 Å². The molecule has 1 heterocycles. The Hall–Kier alpha value is -1.77. The molecule has 0 aromatic heterocycles. The van der Waals surface area contributed by atoms with Crippen LogP contribution in [0.4, 0.5) is 5.69 Å². The number of aromatic hydroxyl groups is 1. The lowest BCUT2D eigenvalue weighted by Crippen LogP contribution is -2.20. The van der Waals surface area contributed by atoms with E-state index in [0.29, 0.717) is 12.3 Å². The molecule has 0 aliphatic carbocycles. The molecule has 0 saturated heterocycles. The zero-order valence-corrected chi connectivity index (χ0v) is 7.09. The molecule has 1 aliphatic heterocycles. The summed E-state index contributed by atoms with van der Waals surface area (Å²) in [5.74, 6) is 0.294. The first-order valence-electron chi connectivity index (χ1n) is 4.11. The summed E-state index contributed by atoms with van der Waals surface area (Å²) in [6.07, 6.45) is 5.34. The van der Waals surface area contributed by atoms with Crippen LogP contribution >= 0.6 is 0 Å². The molecule has 0 amide bonds. The molecule has 13 heavy (non-hydrogen) atoms. The maximum atomic E-state index is 9.54. The second kappa shape index (κ2) is 3.31. The lowest BCUT2D eigenvalue weighted by atomic mass is 10.2. The van der Waals surface area contributed by atoms with Crippen molar-refractivity contribution in [2.24, 2.45) is 4.99 Å². The van der Waals surface area contributed by atoms with E-state index in [1.54, 1.807) is 24.5 Å². The van der Waals surface area contributed by atoms with Crippen LogP contribution in [0.2, 0.25) is 0 Å². The number of nitrogens with zero attached hydrogens (tertiary/aromatic N) is 2. The van der Waals surface area contributed by atoms with E-state index >= 15 is 0 Å². The van der Waals surface area contributed by atoms with Gasteiger partial charge in [-0.15, -0.1) is 0 Å². The van der Waals surface area contributed by atoms with Crippen LogP contribution in [0.25, 0.3) is 0 Å². The highest BCUT2D eigenvalue weighted by atomic mass is 16.3. The molecule has 1 N–H and O–H groups in total. The van der Waals surface area contributed by atoms with Crippen LogP contribution < -0.4 is 4.90 Å². The van der Waals surface area contributed by atoms with E-state index in [1.807, 2.05) is 23.2 Å². The van der Waals surface area contributed by atoms with Gasteiger partial charge in [-0.3, -0.25) is 4.99 Å². The first-order chi connectivity index (χ1) is 6.38. The van der Waals surface area contributed by atoms with Gasteiger partial charge in [0.25, 0.3) is 0 Å². The predicted octanol–water partition coefficient (Wildman–Crippen LogP) is 1.75. The molecule has 3 nitrogen and oxygen atoms in total. The molecule has 2 rings (SSSR count). The highest BCUT2D eigenvalue weighted by Crippen LogP contribution is 2.26. The second-order valence-corrected chi connectivity index (χ2v) is 2.77. The summed E-state index contributed by atoms with van der Waals surface area (Å²) < 4.78 is 0. The maximum absolute atomic E-state index is 9.54. The van der Waals surface area contributed by atoms with E-state index in [0.717, 1.165) is 5.69 Å². The maximum Gasteiger partial charge on any atom is 0.139 e.